The third kappa shape index (κ3) is 2.39. The SMILES string of the molecule is COC(c1noc(-c2cc(O)cc(O)c2)n1)C1CC1. The molecule has 1 unspecified atom stereocenters. The molecule has 0 aliphatic heterocycles. The molecule has 0 radical (unpaired) electrons. The number of ether oxygens (including phenoxy) is 1. The summed E-state index contributed by atoms with van der Waals surface area (Å²) in [7, 11) is 1.62. The van der Waals surface area contributed by atoms with Gasteiger partial charge in [0.15, 0.2) is 0 Å². The summed E-state index contributed by atoms with van der Waals surface area (Å²) < 4.78 is 10.5. The van der Waals surface area contributed by atoms with E-state index in [1.807, 2.05) is 0 Å². The van der Waals surface area contributed by atoms with Crippen molar-refractivity contribution in [2.24, 2.45) is 5.92 Å². The summed E-state index contributed by atoms with van der Waals surface area (Å²) in [4.78, 5) is 4.27. The summed E-state index contributed by atoms with van der Waals surface area (Å²) in [5, 5.41) is 22.8. The third-order valence-corrected chi connectivity index (χ3v) is 3.15. The Morgan fingerprint density at radius 1 is 1.26 bits per heavy atom. The lowest BCUT2D eigenvalue weighted by molar-refractivity contribution is 0.0751. The van der Waals surface area contributed by atoms with Gasteiger partial charge >= 0.3 is 0 Å². The maximum atomic E-state index is 9.44. The van der Waals surface area contributed by atoms with Gasteiger partial charge < -0.3 is 19.5 Å². The molecule has 1 aliphatic rings. The molecule has 1 fully saturated rings. The molecule has 1 aromatic heterocycles. The number of aromatic hydroxyl groups is 2. The van der Waals surface area contributed by atoms with Crippen molar-refractivity contribution in [3.8, 4) is 23.0 Å². The van der Waals surface area contributed by atoms with Crippen molar-refractivity contribution in [2.75, 3.05) is 7.11 Å². The van der Waals surface area contributed by atoms with Crippen molar-refractivity contribution in [1.82, 2.24) is 10.1 Å². The molecular formula is C13H14N2O4. The van der Waals surface area contributed by atoms with Crippen molar-refractivity contribution >= 4 is 0 Å². The predicted molar refractivity (Wildman–Crippen MR) is 65.5 cm³/mol. The molecule has 6 nitrogen and oxygen atoms in total. The van der Waals surface area contributed by atoms with Gasteiger partial charge in [-0.25, -0.2) is 0 Å². The van der Waals surface area contributed by atoms with Crippen molar-refractivity contribution in [3.05, 3.63) is 24.0 Å². The molecular weight excluding hydrogens is 248 g/mol. The molecule has 2 aromatic rings. The summed E-state index contributed by atoms with van der Waals surface area (Å²) in [5.41, 5.74) is 0.474. The van der Waals surface area contributed by atoms with Crippen LogP contribution < -0.4 is 0 Å². The molecule has 2 N–H and O–H groups in total. The fourth-order valence-electron chi connectivity index (χ4n) is 2.09. The largest absolute Gasteiger partial charge is 0.508 e. The Labute approximate surface area is 109 Å². The van der Waals surface area contributed by atoms with Gasteiger partial charge in [0.2, 0.25) is 5.82 Å². The number of benzene rings is 1. The van der Waals surface area contributed by atoms with Gasteiger partial charge in [-0.05, 0) is 30.9 Å². The van der Waals surface area contributed by atoms with Crippen LogP contribution in [0.4, 0.5) is 0 Å². The number of phenols is 2. The highest BCUT2D eigenvalue weighted by Gasteiger charge is 2.35. The second-order valence-corrected chi connectivity index (χ2v) is 4.69. The summed E-state index contributed by atoms with van der Waals surface area (Å²) in [5.74, 6) is 1.10. The zero-order valence-electron chi connectivity index (χ0n) is 10.4. The molecule has 1 atom stereocenters. The van der Waals surface area contributed by atoms with Crippen LogP contribution in [0.1, 0.15) is 24.8 Å². The van der Waals surface area contributed by atoms with Crippen LogP contribution in [0.2, 0.25) is 0 Å². The number of hydrogen-bond acceptors (Lipinski definition) is 6. The highest BCUT2D eigenvalue weighted by molar-refractivity contribution is 5.58. The molecule has 100 valence electrons. The minimum atomic E-state index is -0.150. The second kappa shape index (κ2) is 4.55. The van der Waals surface area contributed by atoms with Gasteiger partial charge in [-0.3, -0.25) is 0 Å². The first kappa shape index (κ1) is 12.0. The van der Waals surface area contributed by atoms with E-state index < -0.39 is 0 Å². The Morgan fingerprint density at radius 3 is 2.53 bits per heavy atom. The summed E-state index contributed by atoms with van der Waals surface area (Å²) in [6.07, 6.45) is 2.06. The van der Waals surface area contributed by atoms with Gasteiger partial charge in [0.1, 0.15) is 17.6 Å². The normalized spacial score (nSPS) is 16.5. The van der Waals surface area contributed by atoms with E-state index in [0.717, 1.165) is 12.8 Å². The fraction of sp³-hybridized carbons (Fsp3) is 0.385. The van der Waals surface area contributed by atoms with Crippen LogP contribution in [0.25, 0.3) is 11.5 Å². The zero-order chi connectivity index (χ0) is 13.4. The van der Waals surface area contributed by atoms with E-state index in [0.29, 0.717) is 17.3 Å². The monoisotopic (exact) mass is 262 g/mol. The first-order valence-electron chi connectivity index (χ1n) is 6.07. The van der Waals surface area contributed by atoms with Crippen LogP contribution in [-0.4, -0.2) is 27.5 Å². The molecule has 1 aliphatic carbocycles. The van der Waals surface area contributed by atoms with Crippen LogP contribution in [0.3, 0.4) is 0 Å². The molecule has 0 amide bonds. The highest BCUT2D eigenvalue weighted by Crippen LogP contribution is 2.42. The van der Waals surface area contributed by atoms with Crippen LogP contribution in [0.5, 0.6) is 11.5 Å². The van der Waals surface area contributed by atoms with Gasteiger partial charge in [0.05, 0.1) is 0 Å². The fourth-order valence-corrected chi connectivity index (χ4v) is 2.09. The van der Waals surface area contributed by atoms with Gasteiger partial charge in [-0.15, -0.1) is 0 Å². The van der Waals surface area contributed by atoms with Gasteiger partial charge in [0.25, 0.3) is 5.89 Å². The highest BCUT2D eigenvalue weighted by atomic mass is 16.5. The predicted octanol–water partition coefficient (Wildman–Crippen LogP) is 2.25. The molecule has 3 rings (SSSR count). The van der Waals surface area contributed by atoms with E-state index in [4.69, 9.17) is 9.26 Å². The van der Waals surface area contributed by atoms with Crippen LogP contribution >= 0.6 is 0 Å². The number of aromatic nitrogens is 2. The standard InChI is InChI=1S/C13H14N2O4/c1-18-11(7-2-3-7)12-14-13(19-15-12)8-4-9(16)6-10(17)5-8/h4-7,11,16-17H,2-3H2,1H3. The smallest absolute Gasteiger partial charge is 0.258 e. The number of nitrogens with zero attached hydrogens (tertiary/aromatic N) is 2. The van der Waals surface area contributed by atoms with Crippen molar-refractivity contribution < 1.29 is 19.5 Å². The number of methoxy groups -OCH3 is 1. The number of hydrogen-bond donors (Lipinski definition) is 2. The average molecular weight is 262 g/mol. The zero-order valence-corrected chi connectivity index (χ0v) is 10.4. The lowest BCUT2D eigenvalue weighted by Gasteiger charge is -2.08. The van der Waals surface area contributed by atoms with Crippen molar-refractivity contribution in [3.63, 3.8) is 0 Å². The number of rotatable bonds is 4. The first-order valence-corrected chi connectivity index (χ1v) is 6.07. The Bertz CT molecular complexity index is 572. The Morgan fingerprint density at radius 2 is 1.95 bits per heavy atom. The van der Waals surface area contributed by atoms with Gasteiger partial charge in [-0.1, -0.05) is 5.16 Å². The summed E-state index contributed by atoms with van der Waals surface area (Å²) >= 11 is 0. The van der Waals surface area contributed by atoms with Crippen molar-refractivity contribution in [1.29, 1.82) is 0 Å². The maximum absolute atomic E-state index is 9.44. The van der Waals surface area contributed by atoms with E-state index in [1.165, 1.54) is 18.2 Å². The molecule has 19 heavy (non-hydrogen) atoms. The van der Waals surface area contributed by atoms with E-state index in [2.05, 4.69) is 10.1 Å². The third-order valence-electron chi connectivity index (χ3n) is 3.15. The molecule has 1 heterocycles. The molecule has 0 saturated heterocycles. The Kier molecular flexibility index (Phi) is 2.87. The number of phenolic OH excluding ortho intramolecular Hbond substituents is 2. The summed E-state index contributed by atoms with van der Waals surface area (Å²) in [6.45, 7) is 0. The minimum Gasteiger partial charge on any atom is -0.508 e. The van der Waals surface area contributed by atoms with E-state index in [-0.39, 0.29) is 23.5 Å². The van der Waals surface area contributed by atoms with Gasteiger partial charge in [0, 0.05) is 18.7 Å². The summed E-state index contributed by atoms with van der Waals surface area (Å²) in [6, 6.07) is 4.15. The van der Waals surface area contributed by atoms with E-state index in [9.17, 15) is 10.2 Å². The first-order chi connectivity index (χ1) is 9.17. The molecule has 0 spiro atoms. The maximum Gasteiger partial charge on any atom is 0.258 e. The minimum absolute atomic E-state index is 0.0553. The van der Waals surface area contributed by atoms with Crippen LogP contribution in [-0.2, 0) is 4.74 Å². The van der Waals surface area contributed by atoms with E-state index in [1.54, 1.807) is 7.11 Å². The van der Waals surface area contributed by atoms with E-state index >= 15 is 0 Å². The van der Waals surface area contributed by atoms with Gasteiger partial charge in [-0.2, -0.15) is 4.98 Å². The quantitative estimate of drug-likeness (QED) is 0.878. The average Bonchev–Trinajstić information content (AvgIpc) is 3.06. The van der Waals surface area contributed by atoms with Crippen LogP contribution in [0, 0.1) is 5.92 Å². The van der Waals surface area contributed by atoms with Crippen molar-refractivity contribution in [2.45, 2.75) is 18.9 Å². The Balaban J connectivity index is 1.91. The second-order valence-electron chi connectivity index (χ2n) is 4.69. The molecule has 6 heteroatoms. The topological polar surface area (TPSA) is 88.6 Å². The lowest BCUT2D eigenvalue weighted by atomic mass is 10.2. The molecule has 0 bridgehead atoms. The molecule has 1 saturated carbocycles. The molecule has 1 aromatic carbocycles. The van der Waals surface area contributed by atoms with Crippen LogP contribution in [0.15, 0.2) is 22.7 Å². The Hall–Kier alpha value is -2.08. The lowest BCUT2D eigenvalue weighted by Crippen LogP contribution is -2.05.